The second-order valence-corrected chi connectivity index (χ2v) is 13.4. The lowest BCUT2D eigenvalue weighted by atomic mass is 9.70. The van der Waals surface area contributed by atoms with Gasteiger partial charge in [-0.05, 0) is 44.1 Å². The fourth-order valence-corrected chi connectivity index (χ4v) is 6.78. The quantitative estimate of drug-likeness (QED) is 0.548. The molecule has 2 saturated carbocycles. The Morgan fingerprint density at radius 1 is 1.05 bits per heavy atom. The summed E-state index contributed by atoms with van der Waals surface area (Å²) in [4.78, 5) is 44.0. The molecule has 2 saturated heterocycles. The zero-order chi connectivity index (χ0) is 28.2. The number of aromatic nitrogens is 2. The first-order valence-corrected chi connectivity index (χ1v) is 14.6. The number of likely N-dealkylation sites (tertiary alicyclic amines) is 2. The highest BCUT2D eigenvalue weighted by Gasteiger charge is 2.62. The number of nitrogens with one attached hydrogen (secondary N) is 1. The molecule has 4 aliphatic rings. The minimum absolute atomic E-state index is 0.0121. The van der Waals surface area contributed by atoms with Crippen LogP contribution in [0, 0.1) is 22.7 Å². The fourth-order valence-electron chi connectivity index (χ4n) is 6.78. The normalized spacial score (nSPS) is 27.8. The molecule has 4 fully saturated rings. The SMILES string of the molecule is CC(C)OC1CC(NC(=O)[C@@H]2CN(C(=O)c3cnn(Cc4ccccc4)c3)CC23CN(C(=O)[C@H]2CC2(C)C)C3)C1. The van der Waals surface area contributed by atoms with Gasteiger partial charge in [0.25, 0.3) is 5.91 Å². The zero-order valence-electron chi connectivity index (χ0n) is 24.0. The summed E-state index contributed by atoms with van der Waals surface area (Å²) in [5, 5.41) is 7.65. The number of benzene rings is 1. The zero-order valence-corrected chi connectivity index (χ0v) is 24.0. The lowest BCUT2D eigenvalue weighted by molar-refractivity contribution is -0.152. The molecule has 0 bridgehead atoms. The van der Waals surface area contributed by atoms with Crippen LogP contribution in [0.3, 0.4) is 0 Å². The van der Waals surface area contributed by atoms with E-state index in [0.29, 0.717) is 38.3 Å². The van der Waals surface area contributed by atoms with Gasteiger partial charge in [-0.2, -0.15) is 5.10 Å². The first kappa shape index (κ1) is 27.0. The van der Waals surface area contributed by atoms with Gasteiger partial charge in [0, 0.05) is 49.8 Å². The standard InChI is InChI=1S/C31H41N5O4/c1-20(2)40-24-10-23(11-24)33-27(37)26-16-34(17-31(26)18-35(19-31)29(39)25-12-30(25,3)4)28(38)22-13-32-36(15-22)14-21-8-6-5-7-9-21/h5-9,13,15,20,23-26H,10-12,14,16-19H2,1-4H3,(H,33,37)/t23?,24?,25-,26+/m1/s1. The molecular formula is C31H41N5O4. The van der Waals surface area contributed by atoms with Crippen molar-refractivity contribution in [2.45, 2.75) is 71.8 Å². The number of carbonyl (C=O) groups excluding carboxylic acids is 3. The summed E-state index contributed by atoms with van der Waals surface area (Å²) in [5.74, 6) is -0.218. The predicted octanol–water partition coefficient (Wildman–Crippen LogP) is 2.95. The van der Waals surface area contributed by atoms with Crippen LogP contribution in [0.2, 0.25) is 0 Å². The Morgan fingerprint density at radius 2 is 1.73 bits per heavy atom. The Kier molecular flexibility index (Phi) is 6.76. The van der Waals surface area contributed by atoms with Crippen LogP contribution in [0.1, 0.15) is 62.9 Å². The molecule has 1 aromatic heterocycles. The molecular weight excluding hydrogens is 506 g/mol. The van der Waals surface area contributed by atoms with Gasteiger partial charge < -0.3 is 19.9 Å². The molecule has 9 nitrogen and oxygen atoms in total. The first-order valence-electron chi connectivity index (χ1n) is 14.6. The van der Waals surface area contributed by atoms with E-state index in [1.54, 1.807) is 22.0 Å². The number of hydrogen-bond donors (Lipinski definition) is 1. The average Bonchev–Trinajstić information content (AvgIpc) is 3.21. The van der Waals surface area contributed by atoms with E-state index in [1.165, 1.54) is 0 Å². The molecule has 40 heavy (non-hydrogen) atoms. The van der Waals surface area contributed by atoms with Crippen molar-refractivity contribution in [3.63, 3.8) is 0 Å². The smallest absolute Gasteiger partial charge is 0.257 e. The summed E-state index contributed by atoms with van der Waals surface area (Å²) >= 11 is 0. The topological polar surface area (TPSA) is 96.8 Å². The van der Waals surface area contributed by atoms with Crippen molar-refractivity contribution in [2.75, 3.05) is 26.2 Å². The highest BCUT2D eigenvalue weighted by Crippen LogP contribution is 2.54. The summed E-state index contributed by atoms with van der Waals surface area (Å²) in [5.41, 5.74) is 1.28. The molecule has 9 heteroatoms. The Labute approximate surface area is 236 Å². The van der Waals surface area contributed by atoms with Crippen molar-refractivity contribution >= 4 is 17.7 Å². The number of nitrogens with zero attached hydrogens (tertiary/aromatic N) is 4. The minimum atomic E-state index is -0.411. The highest BCUT2D eigenvalue weighted by molar-refractivity contribution is 5.95. The van der Waals surface area contributed by atoms with Crippen LogP contribution in [-0.2, 0) is 20.9 Å². The molecule has 0 unspecified atom stereocenters. The van der Waals surface area contributed by atoms with Gasteiger partial charge >= 0.3 is 0 Å². The molecule has 0 radical (unpaired) electrons. The van der Waals surface area contributed by atoms with Crippen molar-refractivity contribution in [3.8, 4) is 0 Å². The lowest BCUT2D eigenvalue weighted by Crippen LogP contribution is -2.65. The van der Waals surface area contributed by atoms with Crippen molar-refractivity contribution < 1.29 is 19.1 Å². The molecule has 214 valence electrons. The van der Waals surface area contributed by atoms with E-state index >= 15 is 0 Å². The molecule has 1 spiro atoms. The van der Waals surface area contributed by atoms with E-state index in [4.69, 9.17) is 4.74 Å². The largest absolute Gasteiger partial charge is 0.375 e. The maximum absolute atomic E-state index is 13.6. The van der Waals surface area contributed by atoms with Crippen LogP contribution >= 0.6 is 0 Å². The minimum Gasteiger partial charge on any atom is -0.375 e. The third-order valence-corrected chi connectivity index (χ3v) is 9.36. The maximum atomic E-state index is 13.6. The van der Waals surface area contributed by atoms with Crippen LogP contribution in [0.15, 0.2) is 42.7 Å². The number of amides is 3. The van der Waals surface area contributed by atoms with E-state index in [-0.39, 0.29) is 53.2 Å². The second kappa shape index (κ2) is 10.0. The van der Waals surface area contributed by atoms with Crippen LogP contribution in [0.25, 0.3) is 0 Å². The Morgan fingerprint density at radius 3 is 2.38 bits per heavy atom. The fraction of sp³-hybridized carbons (Fsp3) is 0.613. The predicted molar refractivity (Wildman–Crippen MR) is 149 cm³/mol. The molecule has 2 atom stereocenters. The summed E-state index contributed by atoms with van der Waals surface area (Å²) < 4.78 is 7.63. The third kappa shape index (κ3) is 5.16. The molecule has 6 rings (SSSR count). The average molecular weight is 548 g/mol. The first-order chi connectivity index (χ1) is 19.0. The molecule has 1 N–H and O–H groups in total. The second-order valence-electron chi connectivity index (χ2n) is 13.4. The van der Waals surface area contributed by atoms with Crippen molar-refractivity contribution in [2.24, 2.45) is 22.7 Å². The number of rotatable bonds is 8. The van der Waals surface area contributed by atoms with Crippen LogP contribution < -0.4 is 5.32 Å². The number of carbonyl (C=O) groups is 3. The monoisotopic (exact) mass is 547 g/mol. The number of hydrogen-bond acceptors (Lipinski definition) is 5. The van der Waals surface area contributed by atoms with E-state index in [9.17, 15) is 14.4 Å². The van der Waals surface area contributed by atoms with Crippen LogP contribution in [0.4, 0.5) is 0 Å². The van der Waals surface area contributed by atoms with Gasteiger partial charge in [-0.3, -0.25) is 19.1 Å². The summed E-state index contributed by atoms with van der Waals surface area (Å²) in [7, 11) is 0. The Bertz CT molecular complexity index is 1280. The summed E-state index contributed by atoms with van der Waals surface area (Å²) in [6.07, 6.45) is 6.30. The van der Waals surface area contributed by atoms with Gasteiger partial charge in [-0.1, -0.05) is 44.2 Å². The maximum Gasteiger partial charge on any atom is 0.257 e. The van der Waals surface area contributed by atoms with Gasteiger partial charge in [0.05, 0.1) is 36.4 Å². The molecule has 2 aromatic rings. The van der Waals surface area contributed by atoms with E-state index < -0.39 is 5.41 Å². The van der Waals surface area contributed by atoms with E-state index in [1.807, 2.05) is 49.1 Å². The van der Waals surface area contributed by atoms with Gasteiger partial charge in [-0.25, -0.2) is 0 Å². The molecule has 2 aliphatic heterocycles. The highest BCUT2D eigenvalue weighted by atomic mass is 16.5. The van der Waals surface area contributed by atoms with Gasteiger partial charge in [0.2, 0.25) is 11.8 Å². The van der Waals surface area contributed by atoms with Crippen molar-refractivity contribution in [1.29, 1.82) is 0 Å². The van der Waals surface area contributed by atoms with Crippen LogP contribution in [-0.4, -0.2) is 81.7 Å². The Balaban J connectivity index is 1.13. The van der Waals surface area contributed by atoms with Gasteiger partial charge in [-0.15, -0.1) is 0 Å². The van der Waals surface area contributed by atoms with E-state index in [2.05, 4.69) is 24.3 Å². The third-order valence-electron chi connectivity index (χ3n) is 9.36. The lowest BCUT2D eigenvalue weighted by Gasteiger charge is -2.51. The number of ether oxygens (including phenoxy) is 1. The van der Waals surface area contributed by atoms with Crippen LogP contribution in [0.5, 0.6) is 0 Å². The molecule has 3 heterocycles. The summed E-state index contributed by atoms with van der Waals surface area (Å²) in [6.45, 7) is 10.8. The van der Waals surface area contributed by atoms with E-state index in [0.717, 1.165) is 24.8 Å². The van der Waals surface area contributed by atoms with Gasteiger partial charge in [0.1, 0.15) is 0 Å². The van der Waals surface area contributed by atoms with Crippen molar-refractivity contribution in [1.82, 2.24) is 24.9 Å². The molecule has 2 aliphatic carbocycles. The van der Waals surface area contributed by atoms with Crippen molar-refractivity contribution in [3.05, 3.63) is 53.9 Å². The Hall–Kier alpha value is -3.20. The van der Waals surface area contributed by atoms with Gasteiger partial charge in [0.15, 0.2) is 0 Å². The molecule has 3 amide bonds. The molecule has 1 aromatic carbocycles. The summed E-state index contributed by atoms with van der Waals surface area (Å²) in [6, 6.07) is 10.1.